The second-order valence-corrected chi connectivity index (χ2v) is 7.01. The quantitative estimate of drug-likeness (QED) is 0.498. The van der Waals surface area contributed by atoms with E-state index in [1.807, 2.05) is 30.3 Å². The topological polar surface area (TPSA) is 105 Å². The molecule has 31 heavy (non-hydrogen) atoms. The maximum absolute atomic E-state index is 12.9. The molecule has 2 aromatic rings. The fourth-order valence-corrected chi connectivity index (χ4v) is 3.36. The molecule has 0 radical (unpaired) electrons. The Kier molecular flexibility index (Phi) is 7.04. The van der Waals surface area contributed by atoms with Gasteiger partial charge in [0, 0.05) is 12.8 Å². The average Bonchev–Trinajstić information content (AvgIpc) is 2.77. The van der Waals surface area contributed by atoms with Gasteiger partial charge in [-0.15, -0.1) is 0 Å². The molecule has 0 aromatic heterocycles. The lowest BCUT2D eigenvalue weighted by Crippen LogP contribution is -2.47. The first kappa shape index (κ1) is 22.0. The molecule has 162 valence electrons. The van der Waals surface area contributed by atoms with Gasteiger partial charge >= 0.3 is 18.0 Å². The predicted octanol–water partition coefficient (Wildman–Crippen LogP) is 3.11. The molecule has 0 fully saturated rings. The molecule has 8 nitrogen and oxygen atoms in total. The van der Waals surface area contributed by atoms with E-state index in [4.69, 9.17) is 14.6 Å². The minimum absolute atomic E-state index is 0.0955. The fraction of sp³-hybridized carbons (Fsp3) is 0.261. The number of aromatic carboxylic acids is 1. The molecular weight excluding hydrogens is 400 g/mol. The van der Waals surface area contributed by atoms with Crippen LogP contribution < -0.4 is 5.32 Å². The van der Waals surface area contributed by atoms with Gasteiger partial charge in [-0.2, -0.15) is 0 Å². The van der Waals surface area contributed by atoms with Crippen LogP contribution in [-0.2, 0) is 20.8 Å². The number of amides is 2. The van der Waals surface area contributed by atoms with Gasteiger partial charge in [0.15, 0.2) is 0 Å². The number of nitrogens with one attached hydrogen (secondary N) is 1. The number of rotatable bonds is 8. The molecule has 0 saturated carbocycles. The molecule has 1 heterocycles. The molecule has 2 amide bonds. The first-order valence-corrected chi connectivity index (χ1v) is 9.74. The van der Waals surface area contributed by atoms with Crippen molar-refractivity contribution in [2.75, 3.05) is 20.3 Å². The predicted molar refractivity (Wildman–Crippen MR) is 112 cm³/mol. The lowest BCUT2D eigenvalue weighted by atomic mass is 9.94. The Balaban J connectivity index is 1.94. The maximum Gasteiger partial charge on any atom is 0.338 e. The minimum Gasteiger partial charge on any atom is -0.478 e. The lowest BCUT2D eigenvalue weighted by Gasteiger charge is -2.35. The monoisotopic (exact) mass is 424 g/mol. The Morgan fingerprint density at radius 2 is 1.74 bits per heavy atom. The van der Waals surface area contributed by atoms with Gasteiger partial charge in [-0.1, -0.05) is 42.5 Å². The number of carbonyl (C=O) groups excluding carboxylic acids is 2. The van der Waals surface area contributed by atoms with Crippen LogP contribution in [-0.4, -0.2) is 48.3 Å². The minimum atomic E-state index is -1.02. The molecule has 0 saturated heterocycles. The van der Waals surface area contributed by atoms with Crippen LogP contribution >= 0.6 is 0 Å². The summed E-state index contributed by atoms with van der Waals surface area (Å²) in [6, 6.07) is 14.4. The van der Waals surface area contributed by atoms with Gasteiger partial charge in [-0.05, 0) is 30.2 Å². The normalized spacial score (nSPS) is 16.1. The van der Waals surface area contributed by atoms with Crippen molar-refractivity contribution in [3.8, 4) is 0 Å². The molecule has 1 aliphatic heterocycles. The summed E-state index contributed by atoms with van der Waals surface area (Å²) in [7, 11) is 1.52. The molecule has 2 N–H and O–H groups in total. The number of carbonyl (C=O) groups is 3. The van der Waals surface area contributed by atoms with Crippen molar-refractivity contribution < 1.29 is 29.0 Å². The molecule has 3 rings (SSSR count). The van der Waals surface area contributed by atoms with E-state index in [2.05, 4.69) is 5.32 Å². The first-order chi connectivity index (χ1) is 14.9. The van der Waals surface area contributed by atoms with Crippen molar-refractivity contribution in [2.24, 2.45) is 0 Å². The van der Waals surface area contributed by atoms with Gasteiger partial charge in [-0.3, -0.25) is 4.90 Å². The number of methoxy groups -OCH3 is 1. The lowest BCUT2D eigenvalue weighted by molar-refractivity contribution is -0.140. The number of hydrogen-bond donors (Lipinski definition) is 2. The average molecular weight is 424 g/mol. The van der Waals surface area contributed by atoms with Crippen LogP contribution in [0.4, 0.5) is 4.79 Å². The van der Waals surface area contributed by atoms with E-state index in [9.17, 15) is 14.4 Å². The Bertz CT molecular complexity index is 985. The number of nitrogens with zero attached hydrogens (tertiary/aromatic N) is 1. The van der Waals surface area contributed by atoms with E-state index in [-0.39, 0.29) is 31.4 Å². The van der Waals surface area contributed by atoms with E-state index in [0.717, 1.165) is 11.1 Å². The molecule has 0 aliphatic carbocycles. The summed E-state index contributed by atoms with van der Waals surface area (Å²) in [5, 5.41) is 11.9. The maximum atomic E-state index is 12.9. The summed E-state index contributed by atoms with van der Waals surface area (Å²) < 4.78 is 10.3. The Hall–Kier alpha value is -3.65. The summed E-state index contributed by atoms with van der Waals surface area (Å²) in [5.74, 6) is -1.56. The highest BCUT2D eigenvalue weighted by Crippen LogP contribution is 2.32. The van der Waals surface area contributed by atoms with E-state index in [0.29, 0.717) is 11.3 Å². The zero-order valence-corrected chi connectivity index (χ0v) is 17.3. The van der Waals surface area contributed by atoms with Crippen LogP contribution in [0, 0.1) is 0 Å². The third kappa shape index (κ3) is 5.10. The van der Waals surface area contributed by atoms with Crippen LogP contribution in [0.2, 0.25) is 0 Å². The Morgan fingerprint density at radius 1 is 1.06 bits per heavy atom. The summed E-state index contributed by atoms with van der Waals surface area (Å²) in [4.78, 5) is 38.3. The largest absolute Gasteiger partial charge is 0.478 e. The number of ether oxygens (including phenoxy) is 2. The highest BCUT2D eigenvalue weighted by molar-refractivity contribution is 5.95. The third-order valence-corrected chi connectivity index (χ3v) is 5.01. The van der Waals surface area contributed by atoms with Gasteiger partial charge in [0.2, 0.25) is 0 Å². The second kappa shape index (κ2) is 9.90. The van der Waals surface area contributed by atoms with Gasteiger partial charge in [-0.25, -0.2) is 14.4 Å². The molecule has 8 heteroatoms. The number of benzene rings is 2. The van der Waals surface area contributed by atoms with Gasteiger partial charge in [0.05, 0.1) is 30.3 Å². The van der Waals surface area contributed by atoms with Crippen molar-refractivity contribution in [3.63, 3.8) is 0 Å². The van der Waals surface area contributed by atoms with Crippen molar-refractivity contribution in [2.45, 2.75) is 19.5 Å². The molecular formula is C23H24N2O6. The van der Waals surface area contributed by atoms with Gasteiger partial charge in [0.25, 0.3) is 0 Å². The van der Waals surface area contributed by atoms with E-state index in [1.54, 1.807) is 19.1 Å². The molecule has 0 bridgehead atoms. The number of allylic oxidation sites excluding steroid dienone is 1. The zero-order chi connectivity index (χ0) is 22.4. The molecule has 2 aromatic carbocycles. The first-order valence-electron chi connectivity index (χ1n) is 9.74. The Morgan fingerprint density at radius 3 is 2.35 bits per heavy atom. The smallest absolute Gasteiger partial charge is 0.338 e. The second-order valence-electron chi connectivity index (χ2n) is 7.01. The summed E-state index contributed by atoms with van der Waals surface area (Å²) in [6.45, 7) is 2.24. The molecule has 1 aliphatic rings. The highest BCUT2D eigenvalue weighted by Gasteiger charge is 2.36. The van der Waals surface area contributed by atoms with E-state index < -0.39 is 18.0 Å². The molecule has 1 atom stereocenters. The third-order valence-electron chi connectivity index (χ3n) is 5.01. The van der Waals surface area contributed by atoms with E-state index in [1.165, 1.54) is 24.1 Å². The van der Waals surface area contributed by atoms with Crippen molar-refractivity contribution in [3.05, 3.63) is 82.6 Å². The highest BCUT2D eigenvalue weighted by atomic mass is 16.6. The molecule has 0 unspecified atom stereocenters. The zero-order valence-electron chi connectivity index (χ0n) is 17.3. The summed E-state index contributed by atoms with van der Waals surface area (Å²) >= 11 is 0. The fourth-order valence-electron chi connectivity index (χ4n) is 3.36. The SMILES string of the molecule is COCCOC(=O)C1=C(C)N(Cc2ccc(C(=O)O)cc2)C(=O)N[C@@H]1c1ccccc1. The van der Waals surface area contributed by atoms with Crippen LogP contribution in [0.25, 0.3) is 0 Å². The van der Waals surface area contributed by atoms with Crippen LogP contribution in [0.15, 0.2) is 65.9 Å². The van der Waals surface area contributed by atoms with Crippen molar-refractivity contribution >= 4 is 18.0 Å². The summed E-state index contributed by atoms with van der Waals surface area (Å²) in [6.07, 6.45) is 0. The standard InChI is InChI=1S/C23H24N2O6/c1-15-19(22(28)31-13-12-30-2)20(17-6-4-3-5-7-17)24-23(29)25(15)14-16-8-10-18(11-9-16)21(26)27/h3-11,20H,12-14H2,1-2H3,(H,24,29)(H,26,27)/t20-/m1/s1. The van der Waals surface area contributed by atoms with Crippen molar-refractivity contribution in [1.82, 2.24) is 10.2 Å². The van der Waals surface area contributed by atoms with Crippen LogP contribution in [0.5, 0.6) is 0 Å². The van der Waals surface area contributed by atoms with Gasteiger partial charge < -0.3 is 19.9 Å². The van der Waals surface area contributed by atoms with E-state index >= 15 is 0 Å². The summed E-state index contributed by atoms with van der Waals surface area (Å²) in [5.41, 5.74) is 2.46. The van der Waals surface area contributed by atoms with Gasteiger partial charge in [0.1, 0.15) is 6.61 Å². The van der Waals surface area contributed by atoms with Crippen LogP contribution in [0.1, 0.15) is 34.5 Å². The number of esters is 1. The Labute approximate surface area is 180 Å². The number of carboxylic acid groups (broad SMARTS) is 1. The number of urea groups is 1. The van der Waals surface area contributed by atoms with Crippen LogP contribution in [0.3, 0.4) is 0 Å². The number of carboxylic acids is 1. The van der Waals surface area contributed by atoms with Crippen molar-refractivity contribution in [1.29, 1.82) is 0 Å². The number of hydrogen-bond acceptors (Lipinski definition) is 5. The molecule has 0 spiro atoms.